The quantitative estimate of drug-likeness (QED) is 0.254. The van der Waals surface area contributed by atoms with Crippen molar-refractivity contribution in [2.75, 3.05) is 5.32 Å². The molecule has 0 atom stereocenters. The summed E-state index contributed by atoms with van der Waals surface area (Å²) in [6.07, 6.45) is 5.44. The van der Waals surface area contributed by atoms with Crippen molar-refractivity contribution >= 4 is 39.4 Å². The van der Waals surface area contributed by atoms with E-state index < -0.39 is 4.92 Å². The highest BCUT2D eigenvalue weighted by molar-refractivity contribution is 5.94. The predicted octanol–water partition coefficient (Wildman–Crippen LogP) is 3.94. The van der Waals surface area contributed by atoms with Gasteiger partial charge in [-0.25, -0.2) is 19.6 Å². The van der Waals surface area contributed by atoms with Gasteiger partial charge in [0.1, 0.15) is 11.6 Å². The Hall–Kier alpha value is -5.27. The molecule has 1 N–H and O–H groups in total. The number of nitro benzene ring substituents is 1. The van der Waals surface area contributed by atoms with Crippen molar-refractivity contribution in [1.29, 1.82) is 0 Å². The summed E-state index contributed by atoms with van der Waals surface area (Å²) < 4.78 is 6.66. The van der Waals surface area contributed by atoms with E-state index in [2.05, 4.69) is 30.7 Å². The SMILES string of the molecule is CC(C)(C)c1nc(-n2cccc2)c2nn(Cc3cccnc3Nc3ccc([N+](=O)[O-])c4nonc34)nc2n1. The van der Waals surface area contributed by atoms with Gasteiger partial charge in [-0.1, -0.05) is 26.8 Å². The molecule has 0 bridgehead atoms. The number of non-ortho nitro benzene ring substituents is 1. The van der Waals surface area contributed by atoms with Crippen molar-refractivity contribution in [3.8, 4) is 5.82 Å². The lowest BCUT2D eigenvalue weighted by Gasteiger charge is -2.17. The summed E-state index contributed by atoms with van der Waals surface area (Å²) >= 11 is 0. The van der Waals surface area contributed by atoms with Crippen LogP contribution in [0.5, 0.6) is 0 Å². The van der Waals surface area contributed by atoms with Gasteiger partial charge in [-0.3, -0.25) is 10.1 Å². The van der Waals surface area contributed by atoms with Gasteiger partial charge in [0, 0.05) is 35.6 Å². The zero-order valence-corrected chi connectivity index (χ0v) is 20.6. The van der Waals surface area contributed by atoms with Crippen LogP contribution in [0.1, 0.15) is 32.2 Å². The molecule has 0 saturated carbocycles. The number of aromatic nitrogens is 9. The van der Waals surface area contributed by atoms with Gasteiger partial charge < -0.3 is 9.88 Å². The van der Waals surface area contributed by atoms with E-state index in [9.17, 15) is 10.1 Å². The molecule has 0 radical (unpaired) electrons. The topological polar surface area (TPSA) is 168 Å². The van der Waals surface area contributed by atoms with Crippen molar-refractivity contribution in [1.82, 2.24) is 44.8 Å². The third kappa shape index (κ3) is 4.07. The number of anilines is 2. The van der Waals surface area contributed by atoms with Gasteiger partial charge in [-0.2, -0.15) is 4.80 Å². The molecule has 0 aliphatic heterocycles. The first kappa shape index (κ1) is 23.1. The Labute approximate surface area is 214 Å². The number of hydrogen-bond acceptors (Lipinski definition) is 11. The maximum atomic E-state index is 11.3. The van der Waals surface area contributed by atoms with Gasteiger partial charge in [-0.05, 0) is 34.6 Å². The zero-order chi connectivity index (χ0) is 26.4. The molecular formula is C24H21N11O3. The molecule has 14 nitrogen and oxygen atoms in total. The van der Waals surface area contributed by atoms with Crippen molar-refractivity contribution in [3.05, 3.63) is 76.5 Å². The van der Waals surface area contributed by atoms with Gasteiger partial charge in [0.2, 0.25) is 11.2 Å². The number of benzene rings is 1. The molecule has 190 valence electrons. The standard InChI is InChI=1S/C24H21N11O3/c1-24(2,3)23-27-21-19(22(28-23)33-11-4-5-12-33)29-34(30-21)13-14-7-6-10-25-20(14)26-15-8-9-16(35(36)37)18-17(15)31-38-32-18/h4-12H,13H2,1-3H3,(H,25,26). The molecule has 5 aromatic heterocycles. The second kappa shape index (κ2) is 8.69. The fourth-order valence-electron chi connectivity index (χ4n) is 3.96. The Morgan fingerprint density at radius 2 is 1.79 bits per heavy atom. The number of fused-ring (bicyclic) bond motifs is 2. The first-order valence-corrected chi connectivity index (χ1v) is 11.7. The second-order valence-corrected chi connectivity index (χ2v) is 9.60. The van der Waals surface area contributed by atoms with Crippen LogP contribution in [0.2, 0.25) is 0 Å². The van der Waals surface area contributed by atoms with E-state index in [0.717, 1.165) is 5.56 Å². The number of nitro groups is 1. The lowest BCUT2D eigenvalue weighted by atomic mass is 9.96. The fraction of sp³-hybridized carbons (Fsp3) is 0.208. The van der Waals surface area contributed by atoms with E-state index >= 15 is 0 Å². The van der Waals surface area contributed by atoms with Crippen molar-refractivity contribution in [2.45, 2.75) is 32.7 Å². The number of rotatable bonds is 6. The molecule has 0 amide bonds. The Kier molecular flexibility index (Phi) is 5.29. The number of nitrogens with one attached hydrogen (secondary N) is 1. The minimum absolute atomic E-state index is 0.0447. The van der Waals surface area contributed by atoms with Crippen LogP contribution in [0.15, 0.2) is 59.6 Å². The summed E-state index contributed by atoms with van der Waals surface area (Å²) in [7, 11) is 0. The molecule has 0 saturated heterocycles. The molecule has 0 aliphatic rings. The highest BCUT2D eigenvalue weighted by Gasteiger charge is 2.24. The minimum Gasteiger partial charge on any atom is -0.338 e. The summed E-state index contributed by atoms with van der Waals surface area (Å²) in [6, 6.07) is 10.4. The molecule has 0 unspecified atom stereocenters. The van der Waals surface area contributed by atoms with Crippen molar-refractivity contribution in [3.63, 3.8) is 0 Å². The van der Waals surface area contributed by atoms with Gasteiger partial charge >= 0.3 is 5.69 Å². The van der Waals surface area contributed by atoms with E-state index in [1.54, 1.807) is 17.1 Å². The van der Waals surface area contributed by atoms with Crippen molar-refractivity contribution in [2.24, 2.45) is 0 Å². The van der Waals surface area contributed by atoms with E-state index in [1.165, 1.54) is 12.1 Å². The molecule has 38 heavy (non-hydrogen) atoms. The van der Waals surface area contributed by atoms with Crippen LogP contribution in [0.3, 0.4) is 0 Å². The molecule has 6 aromatic rings. The summed E-state index contributed by atoms with van der Waals surface area (Å²) in [6.45, 7) is 6.41. The van der Waals surface area contributed by atoms with Crippen LogP contribution in [0.4, 0.5) is 17.2 Å². The minimum atomic E-state index is -0.535. The normalized spacial score (nSPS) is 11.9. The van der Waals surface area contributed by atoms with Crippen LogP contribution in [0.25, 0.3) is 28.0 Å². The van der Waals surface area contributed by atoms with E-state index in [1.807, 2.05) is 55.9 Å². The van der Waals surface area contributed by atoms with Gasteiger partial charge in [-0.15, -0.1) is 10.2 Å². The van der Waals surface area contributed by atoms with E-state index in [-0.39, 0.29) is 28.7 Å². The summed E-state index contributed by atoms with van der Waals surface area (Å²) in [5, 5.41) is 31.4. The maximum absolute atomic E-state index is 11.3. The third-order valence-corrected chi connectivity index (χ3v) is 5.84. The van der Waals surface area contributed by atoms with Gasteiger partial charge in [0.15, 0.2) is 16.9 Å². The molecule has 0 aliphatic carbocycles. The Bertz CT molecular complexity index is 1800. The first-order chi connectivity index (χ1) is 18.3. The number of hydrogen-bond donors (Lipinski definition) is 1. The van der Waals surface area contributed by atoms with Crippen molar-refractivity contribution < 1.29 is 9.55 Å². The Morgan fingerprint density at radius 1 is 1.00 bits per heavy atom. The third-order valence-electron chi connectivity index (χ3n) is 5.84. The highest BCUT2D eigenvalue weighted by Crippen LogP contribution is 2.31. The number of pyridine rings is 1. The maximum Gasteiger partial charge on any atom is 0.300 e. The smallest absolute Gasteiger partial charge is 0.300 e. The van der Waals surface area contributed by atoms with Crippen LogP contribution in [-0.4, -0.2) is 49.7 Å². The van der Waals surface area contributed by atoms with E-state index in [4.69, 9.17) is 14.7 Å². The predicted molar refractivity (Wildman–Crippen MR) is 136 cm³/mol. The monoisotopic (exact) mass is 511 g/mol. The van der Waals surface area contributed by atoms with Crippen LogP contribution >= 0.6 is 0 Å². The molecule has 0 spiro atoms. The molecule has 0 fully saturated rings. The molecule has 6 rings (SSSR count). The summed E-state index contributed by atoms with van der Waals surface area (Å²) in [5.74, 6) is 1.81. The van der Waals surface area contributed by atoms with E-state index in [0.29, 0.717) is 34.3 Å². The van der Waals surface area contributed by atoms with Gasteiger partial charge in [0.25, 0.3) is 0 Å². The van der Waals surface area contributed by atoms with Crippen LogP contribution in [-0.2, 0) is 12.0 Å². The Balaban J connectivity index is 1.38. The summed E-state index contributed by atoms with van der Waals surface area (Å²) in [4.78, 5) is 26.3. The van der Waals surface area contributed by atoms with Crippen LogP contribution in [0, 0.1) is 10.1 Å². The molecular weight excluding hydrogens is 490 g/mol. The highest BCUT2D eigenvalue weighted by atomic mass is 16.6. The largest absolute Gasteiger partial charge is 0.338 e. The number of nitrogens with zero attached hydrogens (tertiary/aromatic N) is 10. The lowest BCUT2D eigenvalue weighted by Crippen LogP contribution is -2.17. The first-order valence-electron chi connectivity index (χ1n) is 11.7. The summed E-state index contributed by atoms with van der Waals surface area (Å²) in [5.41, 5.74) is 2.06. The second-order valence-electron chi connectivity index (χ2n) is 9.60. The fourth-order valence-corrected chi connectivity index (χ4v) is 3.96. The molecule has 14 heteroatoms. The van der Waals surface area contributed by atoms with Crippen LogP contribution < -0.4 is 5.32 Å². The lowest BCUT2D eigenvalue weighted by molar-refractivity contribution is -0.383. The Morgan fingerprint density at radius 3 is 2.55 bits per heavy atom. The molecule has 5 heterocycles. The average Bonchev–Trinajstić information content (AvgIpc) is 3.64. The average molecular weight is 512 g/mol. The zero-order valence-electron chi connectivity index (χ0n) is 20.6. The molecule has 1 aromatic carbocycles. The van der Waals surface area contributed by atoms with Gasteiger partial charge in [0.05, 0.1) is 17.2 Å².